The molecule has 0 bridgehead atoms. The minimum Gasteiger partial charge on any atom is -0.368 e. The van der Waals surface area contributed by atoms with Crippen molar-refractivity contribution in [2.75, 3.05) is 11.9 Å². The summed E-state index contributed by atoms with van der Waals surface area (Å²) in [5, 5.41) is 12.9. The number of aliphatic hydroxyl groups is 1. The van der Waals surface area contributed by atoms with Gasteiger partial charge in [-0.15, -0.1) is 0 Å². The van der Waals surface area contributed by atoms with Gasteiger partial charge < -0.3 is 19.9 Å². The highest BCUT2D eigenvalue weighted by Gasteiger charge is 2.28. The Bertz CT molecular complexity index is 361. The molecule has 13 heavy (non-hydrogen) atoms. The van der Waals surface area contributed by atoms with Crippen LogP contribution in [0.25, 0.3) is 0 Å². The van der Waals surface area contributed by atoms with Crippen LogP contribution in [0.5, 0.6) is 0 Å². The van der Waals surface area contributed by atoms with Crippen LogP contribution in [0.15, 0.2) is 6.33 Å². The summed E-state index contributed by atoms with van der Waals surface area (Å²) in [4.78, 5) is 5.87. The van der Waals surface area contributed by atoms with E-state index in [2.05, 4.69) is 10.3 Å². The molecule has 2 heterocycles. The van der Waals surface area contributed by atoms with Crippen molar-refractivity contribution in [3.8, 4) is 0 Å². The molecule has 0 aliphatic carbocycles. The van der Waals surface area contributed by atoms with Crippen molar-refractivity contribution in [3.05, 3.63) is 12.0 Å². The van der Waals surface area contributed by atoms with E-state index in [-0.39, 0.29) is 0 Å². The first-order valence-electron chi connectivity index (χ1n) is 3.84. The number of fused-ring (bicyclic) bond motifs is 1. The van der Waals surface area contributed by atoms with Gasteiger partial charge in [0.1, 0.15) is 5.69 Å². The molecular formula is C7H10N4OS. The normalized spacial score (nSPS) is 21.3. The highest BCUT2D eigenvalue weighted by molar-refractivity contribution is 7.80. The summed E-state index contributed by atoms with van der Waals surface area (Å²) in [6.45, 7) is 0. The third-order valence-electron chi connectivity index (χ3n) is 2.10. The van der Waals surface area contributed by atoms with Gasteiger partial charge in [0.15, 0.2) is 17.2 Å². The molecule has 6 heteroatoms. The first-order chi connectivity index (χ1) is 6.11. The maximum Gasteiger partial charge on any atom is 0.176 e. The number of nitrogens with zero attached hydrogens (tertiary/aromatic N) is 3. The van der Waals surface area contributed by atoms with Gasteiger partial charge in [-0.05, 0) is 12.2 Å². The van der Waals surface area contributed by atoms with E-state index < -0.39 is 6.23 Å². The van der Waals surface area contributed by atoms with Gasteiger partial charge in [-0.1, -0.05) is 0 Å². The van der Waals surface area contributed by atoms with Crippen molar-refractivity contribution < 1.29 is 5.11 Å². The van der Waals surface area contributed by atoms with Gasteiger partial charge >= 0.3 is 0 Å². The first kappa shape index (κ1) is 8.46. The molecule has 0 radical (unpaired) electrons. The number of imidazole rings is 1. The maximum absolute atomic E-state index is 9.63. The summed E-state index contributed by atoms with van der Waals surface area (Å²) in [6, 6.07) is 0. The van der Waals surface area contributed by atoms with Gasteiger partial charge in [-0.25, -0.2) is 4.98 Å². The summed E-state index contributed by atoms with van der Waals surface area (Å²) in [5.74, 6) is 0.707. The number of nitrogens with one attached hydrogen (secondary N) is 1. The molecular weight excluding hydrogens is 188 g/mol. The summed E-state index contributed by atoms with van der Waals surface area (Å²) < 4.78 is 1.77. The lowest BCUT2D eigenvalue weighted by Crippen LogP contribution is -2.44. The molecule has 0 saturated heterocycles. The van der Waals surface area contributed by atoms with E-state index in [1.807, 2.05) is 14.1 Å². The fourth-order valence-corrected chi connectivity index (χ4v) is 1.58. The molecule has 5 nitrogen and oxygen atoms in total. The third kappa shape index (κ3) is 1.10. The Morgan fingerprint density at radius 3 is 3.00 bits per heavy atom. The highest BCUT2D eigenvalue weighted by atomic mass is 32.1. The molecule has 2 rings (SSSR count). The minimum absolute atomic E-state index is 0.485. The Morgan fingerprint density at radius 2 is 2.31 bits per heavy atom. The van der Waals surface area contributed by atoms with E-state index in [4.69, 9.17) is 12.2 Å². The highest BCUT2D eigenvalue weighted by Crippen LogP contribution is 2.26. The van der Waals surface area contributed by atoms with Crippen LogP contribution < -0.4 is 10.2 Å². The molecule has 1 aromatic rings. The van der Waals surface area contributed by atoms with Crippen LogP contribution in [0.1, 0.15) is 11.9 Å². The second-order valence-corrected chi connectivity index (χ2v) is 3.36. The molecule has 2 N–H and O–H groups in total. The van der Waals surface area contributed by atoms with Crippen molar-refractivity contribution in [2.45, 2.75) is 6.23 Å². The molecule has 0 fully saturated rings. The Morgan fingerprint density at radius 1 is 1.62 bits per heavy atom. The first-order valence-corrected chi connectivity index (χ1v) is 4.25. The number of anilines is 1. The van der Waals surface area contributed by atoms with Crippen LogP contribution >= 0.6 is 12.2 Å². The molecule has 0 aromatic carbocycles. The zero-order valence-corrected chi connectivity index (χ0v) is 8.17. The lowest BCUT2D eigenvalue weighted by molar-refractivity contribution is 0.153. The van der Waals surface area contributed by atoms with Crippen LogP contribution in [0.3, 0.4) is 0 Å². The molecule has 0 spiro atoms. The summed E-state index contributed by atoms with van der Waals surface area (Å²) in [5.41, 5.74) is 0.733. The Kier molecular flexibility index (Phi) is 1.74. The number of hydrogen-bond donors (Lipinski definition) is 2. The average Bonchev–Trinajstić information content (AvgIpc) is 2.44. The predicted molar refractivity (Wildman–Crippen MR) is 52.3 cm³/mol. The molecule has 1 aromatic heterocycles. The zero-order chi connectivity index (χ0) is 9.59. The van der Waals surface area contributed by atoms with Crippen LogP contribution in [0, 0.1) is 0 Å². The number of aryl methyl sites for hydroxylation is 1. The van der Waals surface area contributed by atoms with Gasteiger partial charge in [-0.3, -0.25) is 0 Å². The van der Waals surface area contributed by atoms with Crippen LogP contribution in [-0.2, 0) is 7.05 Å². The summed E-state index contributed by atoms with van der Waals surface area (Å²) in [7, 11) is 3.64. The van der Waals surface area contributed by atoms with Crippen molar-refractivity contribution in [3.63, 3.8) is 0 Å². The van der Waals surface area contributed by atoms with E-state index >= 15 is 0 Å². The molecule has 1 unspecified atom stereocenters. The van der Waals surface area contributed by atoms with Gasteiger partial charge in [0.25, 0.3) is 0 Å². The third-order valence-corrected chi connectivity index (χ3v) is 2.50. The molecule has 1 atom stereocenters. The predicted octanol–water partition coefficient (Wildman–Crippen LogP) is -0.265. The monoisotopic (exact) mass is 198 g/mol. The van der Waals surface area contributed by atoms with E-state index in [0.717, 1.165) is 5.69 Å². The SMILES string of the molecule is CN1C(=S)NC(O)c2c1ncn2C. The number of thiocarbonyl (C=S) groups is 1. The van der Waals surface area contributed by atoms with Crippen molar-refractivity contribution >= 4 is 23.1 Å². The lowest BCUT2D eigenvalue weighted by Gasteiger charge is -2.29. The lowest BCUT2D eigenvalue weighted by atomic mass is 10.3. The van der Waals surface area contributed by atoms with E-state index in [0.29, 0.717) is 10.9 Å². The Labute approximate surface area is 81.0 Å². The van der Waals surface area contributed by atoms with Crippen molar-refractivity contribution in [1.82, 2.24) is 14.9 Å². The molecule has 0 amide bonds. The average molecular weight is 198 g/mol. The number of aliphatic hydroxyl groups excluding tert-OH is 1. The Hall–Kier alpha value is -1.14. The van der Waals surface area contributed by atoms with Crippen LogP contribution in [0.4, 0.5) is 5.82 Å². The van der Waals surface area contributed by atoms with E-state index in [9.17, 15) is 5.11 Å². The van der Waals surface area contributed by atoms with E-state index in [1.165, 1.54) is 0 Å². The molecule has 0 saturated carbocycles. The molecule has 1 aliphatic heterocycles. The number of rotatable bonds is 0. The maximum atomic E-state index is 9.63. The molecule has 70 valence electrons. The van der Waals surface area contributed by atoms with Crippen LogP contribution in [0.2, 0.25) is 0 Å². The number of hydrogen-bond acceptors (Lipinski definition) is 3. The van der Waals surface area contributed by atoms with Crippen molar-refractivity contribution in [1.29, 1.82) is 0 Å². The minimum atomic E-state index is -0.758. The van der Waals surface area contributed by atoms with Gasteiger partial charge in [0, 0.05) is 14.1 Å². The standard InChI is InChI=1S/C7H10N4OS/c1-10-3-8-5-4(10)6(12)9-7(13)11(5)2/h3,6,12H,1-2H3,(H,9,13). The van der Waals surface area contributed by atoms with Gasteiger partial charge in [0.05, 0.1) is 6.33 Å². The van der Waals surface area contributed by atoms with Crippen LogP contribution in [-0.4, -0.2) is 26.8 Å². The quantitative estimate of drug-likeness (QED) is 0.562. The topological polar surface area (TPSA) is 53.3 Å². The smallest absolute Gasteiger partial charge is 0.176 e. The number of aromatic nitrogens is 2. The van der Waals surface area contributed by atoms with E-state index in [1.54, 1.807) is 15.8 Å². The second-order valence-electron chi connectivity index (χ2n) is 2.98. The molecule has 1 aliphatic rings. The Balaban J connectivity index is 2.55. The summed E-state index contributed by atoms with van der Waals surface area (Å²) in [6.07, 6.45) is 0.895. The summed E-state index contributed by atoms with van der Waals surface area (Å²) >= 11 is 5.00. The zero-order valence-electron chi connectivity index (χ0n) is 7.35. The van der Waals surface area contributed by atoms with Gasteiger partial charge in [0.2, 0.25) is 0 Å². The van der Waals surface area contributed by atoms with Crippen molar-refractivity contribution in [2.24, 2.45) is 7.05 Å². The fraction of sp³-hybridized carbons (Fsp3) is 0.429. The fourth-order valence-electron chi connectivity index (χ4n) is 1.38. The largest absolute Gasteiger partial charge is 0.368 e. The second kappa shape index (κ2) is 2.68. The van der Waals surface area contributed by atoms with Gasteiger partial charge in [-0.2, -0.15) is 0 Å².